The highest BCUT2D eigenvalue weighted by atomic mass is 19.1. The van der Waals surface area contributed by atoms with Crippen molar-refractivity contribution in [2.75, 3.05) is 38.2 Å². The molecule has 1 aromatic carbocycles. The quantitative estimate of drug-likeness (QED) is 0.674. The molecule has 1 saturated heterocycles. The van der Waals surface area contributed by atoms with Crippen molar-refractivity contribution < 1.29 is 18.8 Å². The van der Waals surface area contributed by atoms with Crippen LogP contribution in [0.5, 0.6) is 0 Å². The summed E-state index contributed by atoms with van der Waals surface area (Å²) < 4.78 is 19.2. The van der Waals surface area contributed by atoms with E-state index in [2.05, 4.69) is 5.32 Å². The topological polar surface area (TPSA) is 84.7 Å². The summed E-state index contributed by atoms with van der Waals surface area (Å²) in [6.45, 7) is 3.76. The van der Waals surface area contributed by atoms with Crippen LogP contribution in [0.15, 0.2) is 12.1 Å². The van der Waals surface area contributed by atoms with Crippen LogP contribution in [0.2, 0.25) is 0 Å². The fourth-order valence-electron chi connectivity index (χ4n) is 2.15. The van der Waals surface area contributed by atoms with E-state index in [9.17, 15) is 19.3 Å². The highest BCUT2D eigenvalue weighted by Crippen LogP contribution is 2.28. The molecule has 0 aromatic heterocycles. The monoisotopic (exact) mass is 297 g/mol. The van der Waals surface area contributed by atoms with Crippen molar-refractivity contribution in [1.82, 2.24) is 4.90 Å². The van der Waals surface area contributed by atoms with Gasteiger partial charge in [0.25, 0.3) is 11.6 Å². The van der Waals surface area contributed by atoms with Gasteiger partial charge < -0.3 is 15.0 Å². The fourth-order valence-corrected chi connectivity index (χ4v) is 2.15. The van der Waals surface area contributed by atoms with Crippen LogP contribution in [0.3, 0.4) is 0 Å². The number of halogens is 1. The molecule has 0 bridgehead atoms. The van der Waals surface area contributed by atoms with Crippen LogP contribution in [0.25, 0.3) is 0 Å². The largest absolute Gasteiger partial charge is 0.380 e. The molecule has 8 heteroatoms. The molecule has 1 amide bonds. The van der Waals surface area contributed by atoms with Gasteiger partial charge in [0.2, 0.25) is 0 Å². The molecule has 1 N–H and O–H groups in total. The van der Waals surface area contributed by atoms with Gasteiger partial charge in [-0.1, -0.05) is 0 Å². The number of benzene rings is 1. The lowest BCUT2D eigenvalue weighted by Crippen LogP contribution is -2.41. The number of rotatable bonds is 4. The minimum absolute atomic E-state index is 0.139. The number of nitro groups is 1. The van der Waals surface area contributed by atoms with Crippen molar-refractivity contribution in [2.45, 2.75) is 6.92 Å². The van der Waals surface area contributed by atoms with Crippen LogP contribution < -0.4 is 5.32 Å². The van der Waals surface area contributed by atoms with Crippen LogP contribution in [-0.4, -0.2) is 48.6 Å². The predicted octanol–water partition coefficient (Wildman–Crippen LogP) is 1.64. The van der Waals surface area contributed by atoms with Gasteiger partial charge >= 0.3 is 0 Å². The summed E-state index contributed by atoms with van der Waals surface area (Å²) in [5.41, 5.74) is -0.410. The van der Waals surface area contributed by atoms with E-state index < -0.39 is 16.6 Å². The van der Waals surface area contributed by atoms with E-state index in [-0.39, 0.29) is 16.9 Å². The van der Waals surface area contributed by atoms with Crippen molar-refractivity contribution in [3.8, 4) is 0 Å². The number of carbonyl (C=O) groups is 1. The molecule has 1 aliphatic rings. The Morgan fingerprint density at radius 1 is 1.48 bits per heavy atom. The second-order valence-corrected chi connectivity index (χ2v) is 4.54. The third-order valence-electron chi connectivity index (χ3n) is 3.18. The van der Waals surface area contributed by atoms with Crippen molar-refractivity contribution in [3.63, 3.8) is 0 Å². The molecule has 1 aromatic rings. The molecule has 0 saturated carbocycles. The lowest BCUT2D eigenvalue weighted by molar-refractivity contribution is -0.384. The van der Waals surface area contributed by atoms with Gasteiger partial charge in [-0.25, -0.2) is 4.39 Å². The van der Waals surface area contributed by atoms with E-state index in [1.807, 2.05) is 0 Å². The molecule has 0 aliphatic carbocycles. The molecular formula is C13H16FN3O4. The molecule has 7 nitrogen and oxygen atoms in total. The van der Waals surface area contributed by atoms with E-state index in [0.29, 0.717) is 32.8 Å². The van der Waals surface area contributed by atoms with Crippen molar-refractivity contribution in [1.29, 1.82) is 0 Å². The maximum absolute atomic E-state index is 14.0. The number of ether oxygens (including phenoxy) is 1. The number of nitrogens with one attached hydrogen (secondary N) is 1. The molecule has 1 heterocycles. The molecule has 0 spiro atoms. The first-order valence-electron chi connectivity index (χ1n) is 6.63. The zero-order valence-electron chi connectivity index (χ0n) is 11.6. The zero-order valence-corrected chi connectivity index (χ0v) is 11.6. The molecule has 0 unspecified atom stereocenters. The van der Waals surface area contributed by atoms with E-state index >= 15 is 0 Å². The number of nitro benzene ring substituents is 1. The molecule has 2 rings (SSSR count). The average Bonchev–Trinajstić information content (AvgIpc) is 2.49. The molecular weight excluding hydrogens is 281 g/mol. The maximum atomic E-state index is 14.0. The predicted molar refractivity (Wildman–Crippen MR) is 73.9 cm³/mol. The molecule has 0 radical (unpaired) electrons. The summed E-state index contributed by atoms with van der Waals surface area (Å²) in [6.07, 6.45) is 0. The smallest absolute Gasteiger partial charge is 0.295 e. The Balaban J connectivity index is 2.36. The Bertz CT molecular complexity index is 559. The van der Waals surface area contributed by atoms with E-state index in [0.717, 1.165) is 6.07 Å². The number of hydrogen-bond acceptors (Lipinski definition) is 5. The Kier molecular flexibility index (Phi) is 4.69. The lowest BCUT2D eigenvalue weighted by atomic mass is 10.1. The van der Waals surface area contributed by atoms with Gasteiger partial charge in [-0.3, -0.25) is 14.9 Å². The zero-order chi connectivity index (χ0) is 15.4. The number of nitrogens with zero attached hydrogens (tertiary/aromatic N) is 2. The summed E-state index contributed by atoms with van der Waals surface area (Å²) in [5.74, 6) is -1.37. The van der Waals surface area contributed by atoms with Crippen LogP contribution in [0.4, 0.5) is 15.8 Å². The van der Waals surface area contributed by atoms with E-state index in [1.165, 1.54) is 11.0 Å². The van der Waals surface area contributed by atoms with Gasteiger partial charge in [-0.05, 0) is 13.0 Å². The Morgan fingerprint density at radius 2 is 2.14 bits per heavy atom. The number of hydrogen-bond donors (Lipinski definition) is 1. The van der Waals surface area contributed by atoms with Crippen molar-refractivity contribution >= 4 is 17.3 Å². The summed E-state index contributed by atoms with van der Waals surface area (Å²) in [6, 6.07) is 1.99. The fraction of sp³-hybridized carbons (Fsp3) is 0.462. The summed E-state index contributed by atoms with van der Waals surface area (Å²) >= 11 is 0. The van der Waals surface area contributed by atoms with E-state index in [4.69, 9.17) is 4.74 Å². The minimum atomic E-state index is -0.889. The van der Waals surface area contributed by atoms with Crippen LogP contribution >= 0.6 is 0 Å². The first-order valence-corrected chi connectivity index (χ1v) is 6.63. The Morgan fingerprint density at radius 3 is 2.71 bits per heavy atom. The average molecular weight is 297 g/mol. The molecule has 114 valence electrons. The first-order chi connectivity index (χ1) is 10.0. The summed E-state index contributed by atoms with van der Waals surface area (Å²) in [7, 11) is 0. The van der Waals surface area contributed by atoms with Crippen LogP contribution in [0, 0.1) is 15.9 Å². The van der Waals surface area contributed by atoms with Gasteiger partial charge in [0, 0.05) is 19.6 Å². The van der Waals surface area contributed by atoms with Gasteiger partial charge in [-0.15, -0.1) is 0 Å². The van der Waals surface area contributed by atoms with E-state index in [1.54, 1.807) is 6.92 Å². The molecule has 21 heavy (non-hydrogen) atoms. The molecule has 0 atom stereocenters. The Labute approximate surface area is 120 Å². The van der Waals surface area contributed by atoms with Crippen molar-refractivity contribution in [3.05, 3.63) is 33.6 Å². The maximum Gasteiger partial charge on any atom is 0.295 e. The summed E-state index contributed by atoms with van der Waals surface area (Å²) in [5, 5.41) is 13.7. The normalized spacial score (nSPS) is 14.9. The molecule has 1 fully saturated rings. The number of amides is 1. The first kappa shape index (κ1) is 15.2. The third kappa shape index (κ3) is 3.27. The van der Waals surface area contributed by atoms with Gasteiger partial charge in [0.05, 0.1) is 29.8 Å². The summed E-state index contributed by atoms with van der Waals surface area (Å²) in [4.78, 5) is 24.0. The second-order valence-electron chi connectivity index (χ2n) is 4.54. The SMILES string of the molecule is CCNc1cc(C(=O)N2CCOCC2)c(F)cc1[N+](=O)[O-]. The number of anilines is 1. The van der Waals surface area contributed by atoms with Crippen molar-refractivity contribution in [2.24, 2.45) is 0 Å². The number of morpholine rings is 1. The van der Waals surface area contributed by atoms with Gasteiger partial charge in [0.15, 0.2) is 0 Å². The highest BCUT2D eigenvalue weighted by Gasteiger charge is 2.25. The van der Waals surface area contributed by atoms with Crippen LogP contribution in [0.1, 0.15) is 17.3 Å². The standard InChI is InChI=1S/C13H16FN3O4/c1-2-15-11-7-9(10(14)8-12(11)17(19)20)13(18)16-3-5-21-6-4-16/h7-8,15H,2-6H2,1H3. The number of carbonyl (C=O) groups excluding carboxylic acids is 1. The molecule has 1 aliphatic heterocycles. The van der Waals surface area contributed by atoms with Gasteiger partial charge in [0.1, 0.15) is 11.5 Å². The minimum Gasteiger partial charge on any atom is -0.380 e. The Hall–Kier alpha value is -2.22. The lowest BCUT2D eigenvalue weighted by Gasteiger charge is -2.27. The second kappa shape index (κ2) is 6.49. The highest BCUT2D eigenvalue weighted by molar-refractivity contribution is 5.96. The van der Waals surface area contributed by atoms with Gasteiger partial charge in [-0.2, -0.15) is 0 Å². The third-order valence-corrected chi connectivity index (χ3v) is 3.18. The van der Waals surface area contributed by atoms with Crippen LogP contribution in [-0.2, 0) is 4.74 Å².